The minimum atomic E-state index is -0.541. The molecule has 94 valence electrons. The number of aliphatic hydroxyl groups excluding tert-OH is 1. The Morgan fingerprint density at radius 1 is 1.35 bits per heavy atom. The predicted molar refractivity (Wildman–Crippen MR) is 69.0 cm³/mol. The van der Waals surface area contributed by atoms with Crippen molar-refractivity contribution < 1.29 is 10.2 Å². The Morgan fingerprint density at radius 2 is 2.06 bits per heavy atom. The summed E-state index contributed by atoms with van der Waals surface area (Å²) >= 11 is 0. The number of nitrogens with one attached hydrogen (secondary N) is 1. The van der Waals surface area contributed by atoms with Crippen molar-refractivity contribution in [2.24, 2.45) is 0 Å². The van der Waals surface area contributed by atoms with Gasteiger partial charge in [0.1, 0.15) is 0 Å². The number of benzene rings is 1. The van der Waals surface area contributed by atoms with Crippen LogP contribution in [0.15, 0.2) is 24.3 Å². The smallest absolute Gasteiger partial charge is 0.0819 e. The molecule has 0 bridgehead atoms. The number of hydrogen-bond acceptors (Lipinski definition) is 3. The van der Waals surface area contributed by atoms with E-state index in [1.165, 1.54) is 0 Å². The molecule has 1 atom stereocenters. The van der Waals surface area contributed by atoms with Gasteiger partial charge in [0.25, 0.3) is 0 Å². The Morgan fingerprint density at radius 3 is 2.71 bits per heavy atom. The molecule has 1 fully saturated rings. The van der Waals surface area contributed by atoms with Crippen LogP contribution < -0.4 is 5.32 Å². The van der Waals surface area contributed by atoms with Crippen LogP contribution in [0.4, 0.5) is 5.69 Å². The third-order valence-electron chi connectivity index (χ3n) is 3.52. The topological polar surface area (TPSA) is 52.5 Å². The first kappa shape index (κ1) is 12.4. The maximum absolute atomic E-state index is 10.2. The van der Waals surface area contributed by atoms with Crippen molar-refractivity contribution in [3.63, 3.8) is 0 Å². The highest BCUT2D eigenvalue weighted by Gasteiger charge is 2.30. The summed E-state index contributed by atoms with van der Waals surface area (Å²) in [7, 11) is 0. The lowest BCUT2D eigenvalue weighted by Crippen LogP contribution is -2.33. The Hall–Kier alpha value is -1.06. The SMILES string of the molecule is CC(O)c1cccc(NCC2(O)CCCC2)c1. The second kappa shape index (κ2) is 5.07. The van der Waals surface area contributed by atoms with Crippen LogP contribution in [0.5, 0.6) is 0 Å². The number of aliphatic hydroxyl groups is 2. The van der Waals surface area contributed by atoms with E-state index >= 15 is 0 Å². The summed E-state index contributed by atoms with van der Waals surface area (Å²) in [5.74, 6) is 0. The predicted octanol–water partition coefficient (Wildman–Crippen LogP) is 2.46. The van der Waals surface area contributed by atoms with Crippen LogP contribution in [0.3, 0.4) is 0 Å². The van der Waals surface area contributed by atoms with E-state index in [1.54, 1.807) is 6.92 Å². The molecular weight excluding hydrogens is 214 g/mol. The third kappa shape index (κ3) is 3.20. The fourth-order valence-corrected chi connectivity index (χ4v) is 2.38. The summed E-state index contributed by atoms with van der Waals surface area (Å²) in [4.78, 5) is 0. The summed E-state index contributed by atoms with van der Waals surface area (Å²) in [6, 6.07) is 7.72. The normalized spacial score (nSPS) is 20.2. The lowest BCUT2D eigenvalue weighted by Gasteiger charge is -2.23. The fourth-order valence-electron chi connectivity index (χ4n) is 2.38. The van der Waals surface area contributed by atoms with Gasteiger partial charge < -0.3 is 15.5 Å². The van der Waals surface area contributed by atoms with Gasteiger partial charge in [-0.25, -0.2) is 0 Å². The second-order valence-electron chi connectivity index (χ2n) is 5.09. The van der Waals surface area contributed by atoms with Crippen LogP contribution in [0.1, 0.15) is 44.3 Å². The molecule has 3 heteroatoms. The molecule has 3 N–H and O–H groups in total. The largest absolute Gasteiger partial charge is 0.389 e. The molecule has 0 radical (unpaired) electrons. The van der Waals surface area contributed by atoms with Crippen molar-refractivity contribution in [1.82, 2.24) is 0 Å². The van der Waals surface area contributed by atoms with E-state index in [2.05, 4.69) is 5.32 Å². The van der Waals surface area contributed by atoms with Crippen molar-refractivity contribution in [1.29, 1.82) is 0 Å². The van der Waals surface area contributed by atoms with Crippen LogP contribution >= 0.6 is 0 Å². The molecule has 0 saturated heterocycles. The average Bonchev–Trinajstić information content (AvgIpc) is 2.75. The number of hydrogen-bond donors (Lipinski definition) is 3. The van der Waals surface area contributed by atoms with Gasteiger partial charge in [-0.2, -0.15) is 0 Å². The van der Waals surface area contributed by atoms with Crippen molar-refractivity contribution in [3.05, 3.63) is 29.8 Å². The quantitative estimate of drug-likeness (QED) is 0.751. The zero-order valence-electron chi connectivity index (χ0n) is 10.3. The molecule has 0 spiro atoms. The number of anilines is 1. The van der Waals surface area contributed by atoms with Crippen LogP contribution in [0.2, 0.25) is 0 Å². The molecule has 1 unspecified atom stereocenters. The fraction of sp³-hybridized carbons (Fsp3) is 0.571. The van der Waals surface area contributed by atoms with Crippen LogP contribution in [0, 0.1) is 0 Å². The lowest BCUT2D eigenvalue weighted by atomic mass is 10.0. The van der Waals surface area contributed by atoms with Gasteiger partial charge in [0.05, 0.1) is 11.7 Å². The zero-order valence-corrected chi connectivity index (χ0v) is 10.3. The summed E-state index contributed by atoms with van der Waals surface area (Å²) in [5.41, 5.74) is 1.32. The van der Waals surface area contributed by atoms with Crippen LogP contribution in [-0.4, -0.2) is 22.4 Å². The van der Waals surface area contributed by atoms with Gasteiger partial charge in [0.2, 0.25) is 0 Å². The van der Waals surface area contributed by atoms with Gasteiger partial charge in [-0.05, 0) is 37.5 Å². The molecule has 1 aliphatic rings. The molecule has 2 rings (SSSR count). The zero-order chi connectivity index (χ0) is 12.3. The third-order valence-corrected chi connectivity index (χ3v) is 3.52. The molecule has 17 heavy (non-hydrogen) atoms. The molecule has 0 amide bonds. The van der Waals surface area contributed by atoms with E-state index in [-0.39, 0.29) is 0 Å². The van der Waals surface area contributed by atoms with E-state index in [0.717, 1.165) is 36.9 Å². The summed E-state index contributed by atoms with van der Waals surface area (Å²) < 4.78 is 0. The van der Waals surface area contributed by atoms with Gasteiger partial charge in [-0.15, -0.1) is 0 Å². The molecule has 0 aliphatic heterocycles. The summed E-state index contributed by atoms with van der Waals surface area (Å²) in [6.45, 7) is 2.35. The maximum atomic E-state index is 10.2. The maximum Gasteiger partial charge on any atom is 0.0819 e. The van der Waals surface area contributed by atoms with Gasteiger partial charge in [-0.3, -0.25) is 0 Å². The number of rotatable bonds is 4. The highest BCUT2D eigenvalue weighted by Crippen LogP contribution is 2.29. The van der Waals surface area contributed by atoms with Crippen molar-refractivity contribution in [2.75, 3.05) is 11.9 Å². The van der Waals surface area contributed by atoms with E-state index < -0.39 is 11.7 Å². The average molecular weight is 235 g/mol. The first-order valence-electron chi connectivity index (χ1n) is 6.33. The van der Waals surface area contributed by atoms with E-state index in [9.17, 15) is 10.2 Å². The second-order valence-corrected chi connectivity index (χ2v) is 5.09. The van der Waals surface area contributed by atoms with E-state index in [4.69, 9.17) is 0 Å². The molecule has 1 aromatic carbocycles. The summed E-state index contributed by atoms with van der Waals surface area (Å²) in [6.07, 6.45) is 3.55. The first-order chi connectivity index (χ1) is 8.09. The monoisotopic (exact) mass is 235 g/mol. The van der Waals surface area contributed by atoms with Crippen molar-refractivity contribution in [3.8, 4) is 0 Å². The Bertz CT molecular complexity index is 370. The molecule has 1 saturated carbocycles. The molecule has 1 aliphatic carbocycles. The lowest BCUT2D eigenvalue weighted by molar-refractivity contribution is 0.0615. The van der Waals surface area contributed by atoms with Gasteiger partial charge in [-0.1, -0.05) is 25.0 Å². The van der Waals surface area contributed by atoms with Crippen molar-refractivity contribution in [2.45, 2.75) is 44.3 Å². The standard InChI is InChI=1S/C14H21NO2/c1-11(16)12-5-4-6-13(9-12)15-10-14(17)7-2-3-8-14/h4-6,9,11,15-17H,2-3,7-8,10H2,1H3. The molecular formula is C14H21NO2. The Balaban J connectivity index is 1.96. The highest BCUT2D eigenvalue weighted by atomic mass is 16.3. The minimum absolute atomic E-state index is 0.452. The van der Waals surface area contributed by atoms with Gasteiger partial charge >= 0.3 is 0 Å². The Labute approximate surface area is 102 Å². The Kier molecular flexibility index (Phi) is 3.69. The molecule has 0 heterocycles. The van der Waals surface area contributed by atoms with Crippen LogP contribution in [0.25, 0.3) is 0 Å². The molecule has 0 aromatic heterocycles. The summed E-state index contributed by atoms with van der Waals surface area (Å²) in [5, 5.41) is 23.0. The van der Waals surface area contributed by atoms with Crippen molar-refractivity contribution >= 4 is 5.69 Å². The highest BCUT2D eigenvalue weighted by molar-refractivity contribution is 5.46. The van der Waals surface area contributed by atoms with E-state index in [0.29, 0.717) is 6.54 Å². The van der Waals surface area contributed by atoms with E-state index in [1.807, 2.05) is 24.3 Å². The minimum Gasteiger partial charge on any atom is -0.389 e. The van der Waals surface area contributed by atoms with Gasteiger partial charge in [0.15, 0.2) is 0 Å². The molecule has 3 nitrogen and oxygen atoms in total. The van der Waals surface area contributed by atoms with Crippen LogP contribution in [-0.2, 0) is 0 Å². The molecule has 1 aromatic rings. The first-order valence-corrected chi connectivity index (χ1v) is 6.33. The van der Waals surface area contributed by atoms with Gasteiger partial charge in [0, 0.05) is 12.2 Å².